The summed E-state index contributed by atoms with van der Waals surface area (Å²) in [6.45, 7) is 1.53. The van der Waals surface area contributed by atoms with Crippen LogP contribution in [0.1, 0.15) is 36.9 Å². The smallest absolute Gasteiger partial charge is 0.326 e. The number of sulfone groups is 1. The van der Waals surface area contributed by atoms with E-state index in [-0.39, 0.29) is 27.9 Å². The molecule has 1 saturated carbocycles. The minimum atomic E-state index is -4.67. The molecule has 2 heterocycles. The lowest BCUT2D eigenvalue weighted by Gasteiger charge is -2.11. The summed E-state index contributed by atoms with van der Waals surface area (Å²) in [7, 11) is -2.12. The second-order valence-corrected chi connectivity index (χ2v) is 9.00. The van der Waals surface area contributed by atoms with Gasteiger partial charge >= 0.3 is 6.18 Å². The van der Waals surface area contributed by atoms with Crippen molar-refractivity contribution in [3.05, 3.63) is 34.7 Å². The molecule has 0 saturated heterocycles. The van der Waals surface area contributed by atoms with Gasteiger partial charge < -0.3 is 4.57 Å². The van der Waals surface area contributed by atoms with Gasteiger partial charge in [-0.15, -0.1) is 0 Å². The topological polar surface area (TPSA) is 64.8 Å². The summed E-state index contributed by atoms with van der Waals surface area (Å²) < 4.78 is 64.5. The Morgan fingerprint density at radius 1 is 1.33 bits per heavy atom. The predicted molar refractivity (Wildman–Crippen MR) is 96.0 cm³/mol. The Kier molecular flexibility index (Phi) is 5.11. The molecule has 27 heavy (non-hydrogen) atoms. The Hall–Kier alpha value is -1.87. The van der Waals surface area contributed by atoms with Crippen molar-refractivity contribution >= 4 is 27.5 Å². The molecule has 0 N–H and O–H groups in total. The average Bonchev–Trinajstić information content (AvgIpc) is 3.39. The lowest BCUT2D eigenvalue weighted by atomic mass is 10.2. The second kappa shape index (κ2) is 6.94. The summed E-state index contributed by atoms with van der Waals surface area (Å²) in [5.41, 5.74) is 1.05. The lowest BCUT2D eigenvalue weighted by Crippen LogP contribution is -2.10. The van der Waals surface area contributed by atoms with Gasteiger partial charge in [-0.3, -0.25) is 4.98 Å². The SMILES string of the molecule is CCS(=O)(=O)c1cc(C2CC2)cnc1-c1ncc(C=C(Cl)C(F)(F)F)n1C. The average molecular weight is 420 g/mol. The quantitative estimate of drug-likeness (QED) is 0.725. The van der Waals surface area contributed by atoms with Crippen LogP contribution >= 0.6 is 11.6 Å². The molecule has 0 aliphatic heterocycles. The zero-order valence-corrected chi connectivity index (χ0v) is 16.2. The second-order valence-electron chi connectivity index (χ2n) is 6.35. The molecule has 0 unspecified atom stereocenters. The molecule has 3 rings (SSSR count). The van der Waals surface area contributed by atoms with Gasteiger partial charge in [-0.05, 0) is 36.5 Å². The number of pyridine rings is 1. The molecular formula is C17H17ClF3N3O2S. The summed E-state index contributed by atoms with van der Waals surface area (Å²) in [5.74, 6) is 0.345. The minimum absolute atomic E-state index is 0.0422. The first-order valence-corrected chi connectivity index (χ1v) is 10.3. The highest BCUT2D eigenvalue weighted by Crippen LogP contribution is 2.41. The van der Waals surface area contributed by atoms with Crippen molar-refractivity contribution in [3.8, 4) is 11.5 Å². The number of hydrogen-bond acceptors (Lipinski definition) is 4. The third-order valence-electron chi connectivity index (χ3n) is 4.42. The summed E-state index contributed by atoms with van der Waals surface area (Å²) in [6.07, 6.45) is 0.841. The first kappa shape index (κ1) is 19.9. The predicted octanol–water partition coefficient (Wildman–Crippen LogP) is 4.30. The van der Waals surface area contributed by atoms with Crippen LogP contribution in [0.3, 0.4) is 0 Å². The van der Waals surface area contributed by atoms with E-state index in [0.29, 0.717) is 5.92 Å². The summed E-state index contributed by atoms with van der Waals surface area (Å²) in [5, 5.41) is -1.30. The molecule has 146 valence electrons. The van der Waals surface area contributed by atoms with E-state index in [0.717, 1.165) is 24.5 Å². The summed E-state index contributed by atoms with van der Waals surface area (Å²) in [6, 6.07) is 1.60. The van der Waals surface area contributed by atoms with Crippen molar-refractivity contribution in [3.63, 3.8) is 0 Å². The molecule has 5 nitrogen and oxygen atoms in total. The normalized spacial score (nSPS) is 16.0. The van der Waals surface area contributed by atoms with E-state index in [9.17, 15) is 21.6 Å². The molecule has 0 radical (unpaired) electrons. The molecule has 1 aliphatic rings. The Bertz CT molecular complexity index is 1010. The Balaban J connectivity index is 2.12. The molecule has 10 heteroatoms. The van der Waals surface area contributed by atoms with E-state index in [1.54, 1.807) is 12.3 Å². The zero-order chi connectivity index (χ0) is 20.0. The van der Waals surface area contributed by atoms with Crippen molar-refractivity contribution in [1.29, 1.82) is 0 Å². The molecule has 0 aromatic carbocycles. The number of nitrogens with zero attached hydrogens (tertiary/aromatic N) is 3. The van der Waals surface area contributed by atoms with Crippen LogP contribution in [0.4, 0.5) is 13.2 Å². The molecule has 2 aromatic heterocycles. The third-order valence-corrected chi connectivity index (χ3v) is 6.48. The van der Waals surface area contributed by atoms with E-state index in [1.165, 1.54) is 24.7 Å². The molecule has 0 amide bonds. The van der Waals surface area contributed by atoms with Crippen LogP contribution in [-0.2, 0) is 16.9 Å². The molecule has 1 aliphatic carbocycles. The maximum Gasteiger partial charge on any atom is 0.427 e. The van der Waals surface area contributed by atoms with Gasteiger partial charge in [0.1, 0.15) is 10.7 Å². The highest BCUT2D eigenvalue weighted by molar-refractivity contribution is 7.91. The maximum absolute atomic E-state index is 12.7. The Morgan fingerprint density at radius 2 is 2.00 bits per heavy atom. The largest absolute Gasteiger partial charge is 0.427 e. The highest BCUT2D eigenvalue weighted by Gasteiger charge is 2.33. The van der Waals surface area contributed by atoms with Gasteiger partial charge in [0.25, 0.3) is 0 Å². The molecule has 1 fully saturated rings. The van der Waals surface area contributed by atoms with Crippen LogP contribution < -0.4 is 0 Å². The lowest BCUT2D eigenvalue weighted by molar-refractivity contribution is -0.0836. The van der Waals surface area contributed by atoms with Crippen molar-refractivity contribution < 1.29 is 21.6 Å². The zero-order valence-electron chi connectivity index (χ0n) is 14.6. The van der Waals surface area contributed by atoms with Gasteiger partial charge in [0.2, 0.25) is 0 Å². The van der Waals surface area contributed by atoms with E-state index >= 15 is 0 Å². The van der Waals surface area contributed by atoms with Crippen LogP contribution in [0.25, 0.3) is 17.6 Å². The van der Waals surface area contributed by atoms with Gasteiger partial charge in [-0.2, -0.15) is 13.2 Å². The van der Waals surface area contributed by atoms with Crippen LogP contribution in [0.15, 0.2) is 28.4 Å². The highest BCUT2D eigenvalue weighted by atomic mass is 35.5. The van der Waals surface area contributed by atoms with Crippen molar-refractivity contribution in [2.45, 2.75) is 36.8 Å². The number of alkyl halides is 3. The van der Waals surface area contributed by atoms with Crippen molar-refractivity contribution in [1.82, 2.24) is 14.5 Å². The first-order valence-electron chi connectivity index (χ1n) is 8.23. The van der Waals surface area contributed by atoms with E-state index in [2.05, 4.69) is 9.97 Å². The van der Waals surface area contributed by atoms with E-state index in [4.69, 9.17) is 11.6 Å². The molecule has 0 atom stereocenters. The maximum atomic E-state index is 12.7. The van der Waals surface area contributed by atoms with Crippen molar-refractivity contribution in [2.24, 2.45) is 7.05 Å². The third kappa shape index (κ3) is 4.03. The van der Waals surface area contributed by atoms with Crippen LogP contribution in [0.2, 0.25) is 0 Å². The molecule has 0 spiro atoms. The van der Waals surface area contributed by atoms with Crippen LogP contribution in [0, 0.1) is 0 Å². The minimum Gasteiger partial charge on any atom is -0.326 e. The summed E-state index contributed by atoms with van der Waals surface area (Å²) >= 11 is 5.29. The van der Waals surface area contributed by atoms with Gasteiger partial charge in [-0.1, -0.05) is 18.5 Å². The Morgan fingerprint density at radius 3 is 2.56 bits per heavy atom. The molecule has 2 aromatic rings. The van der Waals surface area contributed by atoms with E-state index in [1.807, 2.05) is 0 Å². The number of rotatable bonds is 5. The van der Waals surface area contributed by atoms with Crippen molar-refractivity contribution in [2.75, 3.05) is 5.75 Å². The fourth-order valence-electron chi connectivity index (χ4n) is 2.65. The van der Waals surface area contributed by atoms with Crippen LogP contribution in [-0.4, -0.2) is 34.9 Å². The van der Waals surface area contributed by atoms with Gasteiger partial charge in [-0.25, -0.2) is 13.4 Å². The van der Waals surface area contributed by atoms with Crippen LogP contribution in [0.5, 0.6) is 0 Å². The molecule has 0 bridgehead atoms. The number of allylic oxidation sites excluding steroid dienone is 1. The van der Waals surface area contributed by atoms with Gasteiger partial charge in [0, 0.05) is 13.2 Å². The fourth-order valence-corrected chi connectivity index (χ4v) is 3.83. The number of hydrogen-bond donors (Lipinski definition) is 0. The summed E-state index contributed by atoms with van der Waals surface area (Å²) in [4.78, 5) is 8.42. The monoisotopic (exact) mass is 419 g/mol. The van der Waals surface area contributed by atoms with Gasteiger partial charge in [0.05, 0.1) is 22.5 Å². The molecular weight excluding hydrogens is 403 g/mol. The standard InChI is InChI=1S/C17H17ClF3N3O2S/c1-3-27(25,26)13-6-11(10-4-5-10)8-22-15(13)16-23-9-12(24(16)2)7-14(18)17(19,20)21/h6-10H,3-5H2,1-2H3. The number of imidazole rings is 1. The fraction of sp³-hybridized carbons (Fsp3) is 0.412. The van der Waals surface area contributed by atoms with Gasteiger partial charge in [0.15, 0.2) is 15.7 Å². The van der Waals surface area contributed by atoms with E-state index < -0.39 is 21.0 Å². The number of aromatic nitrogens is 3. The Labute approximate surface area is 159 Å². The first-order chi connectivity index (χ1) is 12.5. The number of halogens is 4.